The van der Waals surface area contributed by atoms with Crippen molar-refractivity contribution < 1.29 is 17.9 Å². The molecule has 0 radical (unpaired) electrons. The van der Waals surface area contributed by atoms with E-state index in [9.17, 15) is 13.2 Å². The van der Waals surface area contributed by atoms with Crippen molar-refractivity contribution in [3.05, 3.63) is 46.2 Å². The van der Waals surface area contributed by atoms with Gasteiger partial charge in [-0.3, -0.25) is 0 Å². The lowest BCUT2D eigenvalue weighted by Gasteiger charge is -2.11. The van der Waals surface area contributed by atoms with Crippen LogP contribution in [0.4, 0.5) is 13.2 Å². The van der Waals surface area contributed by atoms with E-state index in [1.165, 1.54) is 12.1 Å². The summed E-state index contributed by atoms with van der Waals surface area (Å²) < 4.78 is 40.4. The minimum Gasteiger partial charge on any atom is -0.406 e. The zero-order valence-corrected chi connectivity index (χ0v) is 11.2. The van der Waals surface area contributed by atoms with Crippen molar-refractivity contribution in [2.45, 2.75) is 12.8 Å². The lowest BCUT2D eigenvalue weighted by Crippen LogP contribution is -2.17. The lowest BCUT2D eigenvalue weighted by molar-refractivity contribution is -0.274. The quantitative estimate of drug-likeness (QED) is 0.600. The molecule has 2 rings (SSSR count). The Morgan fingerprint density at radius 2 is 1.95 bits per heavy atom. The van der Waals surface area contributed by atoms with E-state index in [2.05, 4.69) is 31.4 Å². The predicted octanol–water partition coefficient (Wildman–Crippen LogP) is 4.22. The molecule has 6 heteroatoms. The topological polar surface area (TPSA) is 21.6 Å². The summed E-state index contributed by atoms with van der Waals surface area (Å²) in [5.41, 5.74) is 3.84. The molecular formula is C13H9BrF3NO. The van der Waals surface area contributed by atoms with Crippen LogP contribution in [0.1, 0.15) is 5.56 Å². The molecule has 0 amide bonds. The van der Waals surface area contributed by atoms with Gasteiger partial charge in [0, 0.05) is 12.1 Å². The fraction of sp³-hybridized carbons (Fsp3) is 0.231. The van der Waals surface area contributed by atoms with Crippen molar-refractivity contribution in [1.82, 2.24) is 0 Å². The van der Waals surface area contributed by atoms with Crippen LogP contribution in [0, 0.1) is 5.92 Å². The van der Waals surface area contributed by atoms with Gasteiger partial charge in [0.15, 0.2) is 0 Å². The van der Waals surface area contributed by atoms with Crippen LogP contribution in [0.3, 0.4) is 0 Å². The second kappa shape index (κ2) is 5.63. The summed E-state index contributed by atoms with van der Waals surface area (Å²) >= 11 is 3.19. The smallest absolute Gasteiger partial charge is 0.406 e. The van der Waals surface area contributed by atoms with Gasteiger partial charge in [0.25, 0.3) is 0 Å². The van der Waals surface area contributed by atoms with Crippen LogP contribution >= 0.6 is 15.9 Å². The van der Waals surface area contributed by atoms with Gasteiger partial charge in [-0.2, -0.15) is 0 Å². The molecule has 0 aromatic heterocycles. The van der Waals surface area contributed by atoms with Gasteiger partial charge >= 0.3 is 6.36 Å². The minimum absolute atomic E-state index is 0.0932. The average molecular weight is 332 g/mol. The lowest BCUT2D eigenvalue weighted by atomic mass is 10.00. The Morgan fingerprint density at radius 3 is 2.47 bits per heavy atom. The molecule has 0 N–H and O–H groups in total. The molecule has 0 unspecified atom stereocenters. The first-order valence-corrected chi connectivity index (χ1v) is 6.23. The molecule has 0 spiro atoms. The molecule has 1 aromatic rings. The van der Waals surface area contributed by atoms with E-state index in [1.54, 1.807) is 18.3 Å². The van der Waals surface area contributed by atoms with Crippen LogP contribution in [0.5, 0.6) is 5.75 Å². The van der Waals surface area contributed by atoms with Crippen LogP contribution in [-0.2, 0) is 6.42 Å². The van der Waals surface area contributed by atoms with Crippen LogP contribution in [0.25, 0.3) is 0 Å². The second-order valence-electron chi connectivity index (χ2n) is 3.94. The Morgan fingerprint density at radius 1 is 1.26 bits per heavy atom. The first-order valence-electron chi connectivity index (χ1n) is 5.43. The van der Waals surface area contributed by atoms with Crippen LogP contribution in [-0.4, -0.2) is 12.6 Å². The number of rotatable bonds is 3. The first-order chi connectivity index (χ1) is 8.92. The Bertz CT molecular complexity index is 542. The van der Waals surface area contributed by atoms with E-state index < -0.39 is 6.36 Å². The molecule has 0 aliphatic carbocycles. The van der Waals surface area contributed by atoms with Crippen molar-refractivity contribution in [1.29, 1.82) is 0 Å². The highest BCUT2D eigenvalue weighted by atomic mass is 79.9. The van der Waals surface area contributed by atoms with Gasteiger partial charge in [0.1, 0.15) is 10.4 Å². The molecule has 0 saturated carbocycles. The average Bonchev–Trinajstić information content (AvgIpc) is 2.33. The standard InChI is InChI=1S/C13H9BrF3NO/c14-12-6-3-10(8-18-12)7-9-1-4-11(5-2-9)19-13(15,16)17/h1-5,8,10H,7H2/t10-/m0/s1. The number of hydrogen-bond donors (Lipinski definition) is 0. The summed E-state index contributed by atoms with van der Waals surface area (Å²) in [6.45, 7) is 0. The van der Waals surface area contributed by atoms with Gasteiger partial charge in [-0.15, -0.1) is 13.2 Å². The molecule has 2 nitrogen and oxygen atoms in total. The summed E-state index contributed by atoms with van der Waals surface area (Å²) in [4.78, 5) is 4.07. The fourth-order valence-electron chi connectivity index (χ4n) is 1.63. The molecule has 1 atom stereocenters. The number of alkyl halides is 3. The molecule has 0 saturated heterocycles. The second-order valence-corrected chi connectivity index (χ2v) is 4.69. The third kappa shape index (κ3) is 4.58. The third-order valence-electron chi connectivity index (χ3n) is 2.42. The van der Waals surface area contributed by atoms with E-state index >= 15 is 0 Å². The van der Waals surface area contributed by atoms with E-state index in [-0.39, 0.29) is 11.7 Å². The number of benzene rings is 1. The maximum absolute atomic E-state index is 12.0. The zero-order chi connectivity index (χ0) is 13.9. The number of halogens is 4. The fourth-order valence-corrected chi connectivity index (χ4v) is 1.88. The number of hydrogen-bond acceptors (Lipinski definition) is 2. The van der Waals surface area contributed by atoms with Crippen molar-refractivity contribution in [3.8, 4) is 5.75 Å². The highest BCUT2D eigenvalue weighted by molar-refractivity contribution is 9.11. The number of nitrogens with zero attached hydrogens (tertiary/aromatic N) is 1. The molecule has 0 fully saturated rings. The maximum Gasteiger partial charge on any atom is 0.573 e. The van der Waals surface area contributed by atoms with E-state index in [4.69, 9.17) is 0 Å². The number of allylic oxidation sites excluding steroid dienone is 1. The van der Waals surface area contributed by atoms with Gasteiger partial charge in [-0.05, 0) is 46.1 Å². The minimum atomic E-state index is -4.66. The maximum atomic E-state index is 12.0. The molecule has 19 heavy (non-hydrogen) atoms. The van der Waals surface area contributed by atoms with Gasteiger partial charge in [-0.25, -0.2) is 4.99 Å². The van der Waals surface area contributed by atoms with E-state index in [0.29, 0.717) is 11.0 Å². The Hall–Kier alpha value is -1.52. The monoisotopic (exact) mass is 331 g/mol. The van der Waals surface area contributed by atoms with E-state index in [1.807, 2.05) is 6.08 Å². The third-order valence-corrected chi connectivity index (χ3v) is 2.86. The van der Waals surface area contributed by atoms with Gasteiger partial charge < -0.3 is 4.74 Å². The van der Waals surface area contributed by atoms with Crippen LogP contribution in [0.15, 0.2) is 45.7 Å². The van der Waals surface area contributed by atoms with Crippen LogP contribution < -0.4 is 4.74 Å². The predicted molar refractivity (Wildman–Crippen MR) is 69.3 cm³/mol. The normalized spacial score (nSPS) is 18.3. The zero-order valence-electron chi connectivity index (χ0n) is 9.62. The summed E-state index contributed by atoms with van der Waals surface area (Å²) in [5, 5.41) is 0. The number of ether oxygens (including phenoxy) is 1. The van der Waals surface area contributed by atoms with E-state index in [0.717, 1.165) is 5.56 Å². The van der Waals surface area contributed by atoms with Crippen LogP contribution in [0.2, 0.25) is 0 Å². The highest BCUT2D eigenvalue weighted by Gasteiger charge is 2.30. The molecule has 0 bridgehead atoms. The van der Waals surface area contributed by atoms with Crippen molar-refractivity contribution >= 4 is 22.1 Å². The molecule has 1 aromatic carbocycles. The molecule has 1 heterocycles. The van der Waals surface area contributed by atoms with Gasteiger partial charge in [-0.1, -0.05) is 17.9 Å². The Kier molecular flexibility index (Phi) is 4.12. The summed E-state index contributed by atoms with van der Waals surface area (Å²) in [5.74, 6) is -0.123. The Labute approximate surface area is 116 Å². The van der Waals surface area contributed by atoms with Gasteiger partial charge in [0.05, 0.1) is 0 Å². The summed E-state index contributed by atoms with van der Waals surface area (Å²) in [6, 6.07) is 5.82. The largest absolute Gasteiger partial charge is 0.573 e. The van der Waals surface area contributed by atoms with Gasteiger partial charge in [0.2, 0.25) is 0 Å². The molecule has 1 aliphatic rings. The molecule has 100 valence electrons. The summed E-state index contributed by atoms with van der Waals surface area (Å²) in [7, 11) is 0. The first kappa shape index (κ1) is 13.9. The molecule has 1 aliphatic heterocycles. The number of aliphatic imine (C=N–C) groups is 1. The molecular weight excluding hydrogens is 323 g/mol. The SMILES string of the molecule is FC(F)(F)Oc1ccc(C[C@@H]2C=C=C(Br)N=C2)cc1. The van der Waals surface area contributed by atoms with Crippen molar-refractivity contribution in [2.24, 2.45) is 10.9 Å². The highest BCUT2D eigenvalue weighted by Crippen LogP contribution is 2.23. The van der Waals surface area contributed by atoms with Crippen molar-refractivity contribution in [2.75, 3.05) is 0 Å². The Balaban J connectivity index is 2.00. The summed E-state index contributed by atoms with van der Waals surface area (Å²) in [6.07, 6.45) is -0.377. The van der Waals surface area contributed by atoms with Crippen molar-refractivity contribution in [3.63, 3.8) is 0 Å².